The van der Waals surface area contributed by atoms with Gasteiger partial charge < -0.3 is 9.73 Å². The minimum Gasteiger partial charge on any atom is -0.463 e. The van der Waals surface area contributed by atoms with Gasteiger partial charge in [-0.2, -0.15) is 0 Å². The van der Waals surface area contributed by atoms with E-state index in [1.165, 1.54) is 13.3 Å². The Kier molecular flexibility index (Phi) is 3.08. The Morgan fingerprint density at radius 3 is 3.00 bits per heavy atom. The monoisotopic (exact) mass is 182 g/mol. The van der Waals surface area contributed by atoms with Gasteiger partial charge in [0.1, 0.15) is 5.71 Å². The molecular formula is C8H10N2O3. The van der Waals surface area contributed by atoms with E-state index in [2.05, 4.69) is 15.3 Å². The molecule has 1 aromatic rings. The Hall–Kier alpha value is -1.78. The normalized spacial score (nSPS) is 11.1. The molecule has 0 atom stereocenters. The van der Waals surface area contributed by atoms with Crippen LogP contribution in [0.3, 0.4) is 0 Å². The van der Waals surface area contributed by atoms with E-state index >= 15 is 0 Å². The maximum Gasteiger partial charge on any atom is 0.433 e. The van der Waals surface area contributed by atoms with E-state index in [1.807, 2.05) is 0 Å². The SMILES string of the molecule is CNC(=O)ON=C(C)c1ccco1. The van der Waals surface area contributed by atoms with Crippen LogP contribution < -0.4 is 5.32 Å². The van der Waals surface area contributed by atoms with E-state index in [0.29, 0.717) is 11.5 Å². The molecule has 1 rings (SSSR count). The Morgan fingerprint density at radius 1 is 1.69 bits per heavy atom. The number of nitrogens with one attached hydrogen (secondary N) is 1. The van der Waals surface area contributed by atoms with Crippen molar-refractivity contribution in [1.82, 2.24) is 5.32 Å². The smallest absolute Gasteiger partial charge is 0.433 e. The highest BCUT2D eigenvalue weighted by atomic mass is 16.7. The molecule has 0 saturated carbocycles. The highest BCUT2D eigenvalue weighted by molar-refractivity contribution is 5.96. The summed E-state index contributed by atoms with van der Waals surface area (Å²) in [6.07, 6.45) is 0.916. The summed E-state index contributed by atoms with van der Waals surface area (Å²) in [4.78, 5) is 15.1. The number of rotatable bonds is 2. The van der Waals surface area contributed by atoms with Crippen LogP contribution in [0.25, 0.3) is 0 Å². The summed E-state index contributed by atoms with van der Waals surface area (Å²) >= 11 is 0. The van der Waals surface area contributed by atoms with Crippen LogP contribution in [0.1, 0.15) is 12.7 Å². The lowest BCUT2D eigenvalue weighted by molar-refractivity contribution is 0.153. The van der Waals surface area contributed by atoms with Crippen LogP contribution in [0.4, 0.5) is 4.79 Å². The molecule has 0 radical (unpaired) electrons. The molecule has 1 heterocycles. The second-order valence-corrected chi connectivity index (χ2v) is 2.28. The molecule has 0 saturated heterocycles. The van der Waals surface area contributed by atoms with Crippen LogP contribution in [0.5, 0.6) is 0 Å². The summed E-state index contributed by atoms with van der Waals surface area (Å²) in [7, 11) is 1.46. The van der Waals surface area contributed by atoms with Gasteiger partial charge in [-0.1, -0.05) is 5.16 Å². The van der Waals surface area contributed by atoms with Gasteiger partial charge in [0.05, 0.1) is 6.26 Å². The lowest BCUT2D eigenvalue weighted by Gasteiger charge is -1.96. The first-order chi connectivity index (χ1) is 6.24. The average molecular weight is 182 g/mol. The zero-order valence-corrected chi connectivity index (χ0v) is 7.40. The van der Waals surface area contributed by atoms with E-state index in [1.54, 1.807) is 19.1 Å². The van der Waals surface area contributed by atoms with Gasteiger partial charge in [0.25, 0.3) is 0 Å². The second kappa shape index (κ2) is 4.30. The molecule has 0 aromatic carbocycles. The molecule has 1 amide bonds. The average Bonchev–Trinajstić information content (AvgIpc) is 2.66. The van der Waals surface area contributed by atoms with Crippen LogP contribution >= 0.6 is 0 Å². The highest BCUT2D eigenvalue weighted by Crippen LogP contribution is 2.01. The van der Waals surface area contributed by atoms with Crippen molar-refractivity contribution in [2.75, 3.05) is 7.05 Å². The maximum atomic E-state index is 10.6. The Morgan fingerprint density at radius 2 is 2.46 bits per heavy atom. The summed E-state index contributed by atoms with van der Waals surface area (Å²) in [5, 5.41) is 5.82. The Bertz CT molecular complexity index is 303. The molecule has 0 aliphatic heterocycles. The molecule has 0 fully saturated rings. The first kappa shape index (κ1) is 9.31. The first-order valence-electron chi connectivity index (χ1n) is 3.71. The molecule has 1 aromatic heterocycles. The predicted octanol–water partition coefficient (Wildman–Crippen LogP) is 1.36. The molecule has 0 unspecified atom stereocenters. The third-order valence-electron chi connectivity index (χ3n) is 1.35. The second-order valence-electron chi connectivity index (χ2n) is 2.28. The van der Waals surface area contributed by atoms with E-state index < -0.39 is 6.09 Å². The summed E-state index contributed by atoms with van der Waals surface area (Å²) in [6, 6.07) is 3.46. The summed E-state index contributed by atoms with van der Waals surface area (Å²) in [5.74, 6) is 0.573. The molecule has 70 valence electrons. The number of furan rings is 1. The first-order valence-corrected chi connectivity index (χ1v) is 3.71. The molecule has 0 bridgehead atoms. The van der Waals surface area contributed by atoms with Crippen molar-refractivity contribution in [3.8, 4) is 0 Å². The van der Waals surface area contributed by atoms with Crippen LogP contribution in [0, 0.1) is 0 Å². The Balaban J connectivity index is 2.57. The van der Waals surface area contributed by atoms with Gasteiger partial charge in [0.15, 0.2) is 5.76 Å². The standard InChI is InChI=1S/C8H10N2O3/c1-6(7-4-3-5-12-7)10-13-8(11)9-2/h3-5H,1-2H3,(H,9,11). The fourth-order valence-corrected chi connectivity index (χ4v) is 0.685. The zero-order valence-electron chi connectivity index (χ0n) is 7.40. The Labute approximate surface area is 75.4 Å². The fraction of sp³-hybridized carbons (Fsp3) is 0.250. The molecule has 13 heavy (non-hydrogen) atoms. The lowest BCUT2D eigenvalue weighted by Crippen LogP contribution is -2.17. The van der Waals surface area contributed by atoms with Crippen LogP contribution in [-0.4, -0.2) is 18.9 Å². The number of amides is 1. The summed E-state index contributed by atoms with van der Waals surface area (Å²) in [5.41, 5.74) is 0.508. The number of nitrogens with zero attached hydrogens (tertiary/aromatic N) is 1. The topological polar surface area (TPSA) is 63.8 Å². The fourth-order valence-electron chi connectivity index (χ4n) is 0.685. The number of carbonyl (C=O) groups is 1. The maximum absolute atomic E-state index is 10.6. The highest BCUT2D eigenvalue weighted by Gasteiger charge is 2.02. The van der Waals surface area contributed by atoms with E-state index in [-0.39, 0.29) is 0 Å². The zero-order chi connectivity index (χ0) is 9.68. The van der Waals surface area contributed by atoms with Gasteiger partial charge >= 0.3 is 6.09 Å². The van der Waals surface area contributed by atoms with Crippen LogP contribution in [-0.2, 0) is 4.84 Å². The number of oxime groups is 1. The van der Waals surface area contributed by atoms with Crippen molar-refractivity contribution in [3.05, 3.63) is 24.2 Å². The van der Waals surface area contributed by atoms with Crippen molar-refractivity contribution in [1.29, 1.82) is 0 Å². The number of hydrogen-bond donors (Lipinski definition) is 1. The molecule has 5 heteroatoms. The van der Waals surface area contributed by atoms with Gasteiger partial charge in [0, 0.05) is 7.05 Å². The molecule has 5 nitrogen and oxygen atoms in total. The minimum atomic E-state index is -0.606. The van der Waals surface area contributed by atoms with E-state index in [0.717, 1.165) is 0 Å². The third kappa shape index (κ3) is 2.62. The van der Waals surface area contributed by atoms with E-state index in [4.69, 9.17) is 4.42 Å². The van der Waals surface area contributed by atoms with Crippen molar-refractivity contribution < 1.29 is 14.0 Å². The van der Waals surface area contributed by atoms with Gasteiger partial charge in [-0.15, -0.1) is 0 Å². The number of carbonyl (C=O) groups excluding carboxylic acids is 1. The summed E-state index contributed by atoms with van der Waals surface area (Å²) in [6.45, 7) is 1.68. The number of hydrogen-bond acceptors (Lipinski definition) is 4. The minimum absolute atomic E-state index is 0.508. The van der Waals surface area contributed by atoms with Crippen LogP contribution in [0.15, 0.2) is 28.0 Å². The molecule has 0 aliphatic carbocycles. The van der Waals surface area contributed by atoms with E-state index in [9.17, 15) is 4.79 Å². The molecular weight excluding hydrogens is 172 g/mol. The van der Waals surface area contributed by atoms with Gasteiger partial charge in [-0.3, -0.25) is 4.84 Å². The largest absolute Gasteiger partial charge is 0.463 e. The van der Waals surface area contributed by atoms with Gasteiger partial charge in [0.2, 0.25) is 0 Å². The predicted molar refractivity (Wildman–Crippen MR) is 46.5 cm³/mol. The van der Waals surface area contributed by atoms with Gasteiger partial charge in [-0.05, 0) is 19.1 Å². The van der Waals surface area contributed by atoms with Crippen molar-refractivity contribution in [3.63, 3.8) is 0 Å². The molecule has 0 aliphatic rings. The van der Waals surface area contributed by atoms with Gasteiger partial charge in [-0.25, -0.2) is 4.79 Å². The quantitative estimate of drug-likeness (QED) is 0.426. The molecule has 1 N–H and O–H groups in total. The summed E-state index contributed by atoms with van der Waals surface area (Å²) < 4.78 is 5.02. The van der Waals surface area contributed by atoms with Crippen molar-refractivity contribution >= 4 is 11.8 Å². The third-order valence-corrected chi connectivity index (χ3v) is 1.35. The van der Waals surface area contributed by atoms with Crippen molar-refractivity contribution in [2.45, 2.75) is 6.92 Å². The van der Waals surface area contributed by atoms with Crippen LogP contribution in [0.2, 0.25) is 0 Å². The van der Waals surface area contributed by atoms with Crippen molar-refractivity contribution in [2.24, 2.45) is 5.16 Å². The lowest BCUT2D eigenvalue weighted by atomic mass is 10.3. The molecule has 0 spiro atoms.